The Hall–Kier alpha value is -3.99. The number of halogens is 7. The van der Waals surface area contributed by atoms with Gasteiger partial charge in [0.05, 0.1) is 22.9 Å². The van der Waals surface area contributed by atoms with Gasteiger partial charge in [0.25, 0.3) is 11.8 Å². The van der Waals surface area contributed by atoms with Crippen LogP contribution in [0.3, 0.4) is 0 Å². The minimum Gasteiger partial charge on any atom is -0.383 e. The number of nitrogens with zero attached hydrogens (tertiary/aromatic N) is 1. The number of carbonyl (C=O) groups is 2. The number of hydrogen-bond donors (Lipinski definition) is 2. The topological polar surface area (TPSA) is 69.6 Å². The smallest absolute Gasteiger partial charge is 0.261 e. The summed E-state index contributed by atoms with van der Waals surface area (Å²) in [4.78, 5) is 27.6. The van der Waals surface area contributed by atoms with Crippen LogP contribution in [0.1, 0.15) is 21.5 Å². The van der Waals surface area contributed by atoms with Gasteiger partial charge in [-0.15, -0.1) is 0 Å². The fourth-order valence-corrected chi connectivity index (χ4v) is 4.66. The molecule has 41 heavy (non-hydrogen) atoms. The SMILES string of the molecule is O=C(Nc1cc(Cl)cc(Cl)c1N(Cc1ccccc1)C(=O)C(O)Cc1ccccc1)c1c(F)c(F)c(F)c(F)c1F. The maximum Gasteiger partial charge on any atom is 0.261 e. The van der Waals surface area contributed by atoms with E-state index in [0.717, 1.165) is 11.0 Å². The maximum atomic E-state index is 14.4. The monoisotopic (exact) mass is 608 g/mol. The second-order valence-electron chi connectivity index (χ2n) is 8.80. The average Bonchev–Trinajstić information content (AvgIpc) is 2.95. The van der Waals surface area contributed by atoms with Crippen LogP contribution in [0, 0.1) is 29.1 Å². The number of rotatable bonds is 8. The van der Waals surface area contributed by atoms with Crippen molar-refractivity contribution in [2.45, 2.75) is 19.1 Å². The van der Waals surface area contributed by atoms with Crippen LogP contribution in [-0.4, -0.2) is 23.0 Å². The first-order valence-corrected chi connectivity index (χ1v) is 12.6. The quantitative estimate of drug-likeness (QED) is 0.128. The minimum atomic E-state index is -2.44. The number of benzene rings is 4. The van der Waals surface area contributed by atoms with E-state index < -0.39 is 58.3 Å². The molecule has 0 aliphatic carbocycles. The third-order valence-corrected chi connectivity index (χ3v) is 6.50. The van der Waals surface area contributed by atoms with Crippen molar-refractivity contribution in [3.63, 3.8) is 0 Å². The largest absolute Gasteiger partial charge is 0.383 e. The van der Waals surface area contributed by atoms with Gasteiger partial charge >= 0.3 is 0 Å². The van der Waals surface area contributed by atoms with Crippen molar-refractivity contribution in [2.24, 2.45) is 0 Å². The third-order valence-electron chi connectivity index (χ3n) is 5.99. The first-order chi connectivity index (χ1) is 19.5. The van der Waals surface area contributed by atoms with Gasteiger partial charge in [-0.1, -0.05) is 83.9 Å². The van der Waals surface area contributed by atoms with Crippen LogP contribution in [0.25, 0.3) is 0 Å². The van der Waals surface area contributed by atoms with Gasteiger partial charge in [-0.2, -0.15) is 0 Å². The molecule has 4 aromatic rings. The highest BCUT2D eigenvalue weighted by Gasteiger charge is 2.32. The van der Waals surface area contributed by atoms with Crippen molar-refractivity contribution in [1.82, 2.24) is 0 Å². The van der Waals surface area contributed by atoms with Crippen LogP contribution < -0.4 is 10.2 Å². The van der Waals surface area contributed by atoms with Gasteiger partial charge in [-0.05, 0) is 23.3 Å². The van der Waals surface area contributed by atoms with Crippen molar-refractivity contribution in [1.29, 1.82) is 0 Å². The lowest BCUT2D eigenvalue weighted by atomic mass is 10.1. The zero-order chi connectivity index (χ0) is 29.8. The highest BCUT2D eigenvalue weighted by molar-refractivity contribution is 6.38. The summed E-state index contributed by atoms with van der Waals surface area (Å²) in [5, 5.41) is 12.6. The predicted molar refractivity (Wildman–Crippen MR) is 144 cm³/mol. The van der Waals surface area contributed by atoms with E-state index in [0.29, 0.717) is 11.1 Å². The van der Waals surface area contributed by atoms with E-state index in [1.165, 1.54) is 6.07 Å². The van der Waals surface area contributed by atoms with Crippen molar-refractivity contribution in [2.75, 3.05) is 10.2 Å². The fourth-order valence-electron chi connectivity index (χ4n) is 4.06. The molecule has 2 amide bonds. The Labute approximate surface area is 240 Å². The second kappa shape index (κ2) is 12.7. The average molecular weight is 609 g/mol. The first kappa shape index (κ1) is 30.0. The van der Waals surface area contributed by atoms with E-state index in [-0.39, 0.29) is 28.7 Å². The number of aliphatic hydroxyl groups is 1. The molecule has 4 aromatic carbocycles. The van der Waals surface area contributed by atoms with Gasteiger partial charge in [0.1, 0.15) is 11.7 Å². The number of aliphatic hydroxyl groups excluding tert-OH is 1. The van der Waals surface area contributed by atoms with Gasteiger partial charge in [-0.3, -0.25) is 9.59 Å². The molecule has 0 saturated heterocycles. The molecule has 0 radical (unpaired) electrons. The van der Waals surface area contributed by atoms with Crippen molar-refractivity contribution < 1.29 is 36.6 Å². The highest BCUT2D eigenvalue weighted by Crippen LogP contribution is 2.39. The fraction of sp³-hybridized carbons (Fsp3) is 0.103. The van der Waals surface area contributed by atoms with Gasteiger partial charge in [-0.25, -0.2) is 22.0 Å². The molecule has 1 atom stereocenters. The van der Waals surface area contributed by atoms with Crippen molar-refractivity contribution in [3.8, 4) is 0 Å². The van der Waals surface area contributed by atoms with Gasteiger partial charge < -0.3 is 15.3 Å². The Morgan fingerprint density at radius 2 is 1.29 bits per heavy atom. The Morgan fingerprint density at radius 3 is 1.85 bits per heavy atom. The summed E-state index contributed by atoms with van der Waals surface area (Å²) >= 11 is 12.5. The number of amides is 2. The molecule has 4 rings (SSSR count). The molecule has 0 spiro atoms. The molecule has 0 aliphatic rings. The van der Waals surface area contributed by atoms with Crippen LogP contribution in [0.5, 0.6) is 0 Å². The Balaban J connectivity index is 1.80. The van der Waals surface area contributed by atoms with Gasteiger partial charge in [0, 0.05) is 11.4 Å². The number of carbonyl (C=O) groups excluding carboxylic acids is 2. The molecule has 0 saturated carbocycles. The molecule has 0 bridgehead atoms. The van der Waals surface area contributed by atoms with Crippen LogP contribution >= 0.6 is 23.2 Å². The molecule has 0 fully saturated rings. The lowest BCUT2D eigenvalue weighted by Crippen LogP contribution is -2.40. The molecule has 12 heteroatoms. The van der Waals surface area contributed by atoms with Crippen LogP contribution in [0.15, 0.2) is 72.8 Å². The number of anilines is 2. The summed E-state index contributed by atoms with van der Waals surface area (Å²) in [7, 11) is 0. The zero-order valence-corrected chi connectivity index (χ0v) is 22.3. The lowest BCUT2D eigenvalue weighted by Gasteiger charge is -2.29. The van der Waals surface area contributed by atoms with E-state index in [1.54, 1.807) is 60.7 Å². The summed E-state index contributed by atoms with van der Waals surface area (Å²) in [6.07, 6.45) is -1.70. The number of hydrogen-bond acceptors (Lipinski definition) is 3. The standard InChI is InChI=1S/C29H19Cl2F5N2O3/c30-17-12-18(31)27(19(13-17)37-28(40)21-22(32)24(34)26(36)25(35)23(21)33)38(14-16-9-5-2-6-10-16)29(41)20(39)11-15-7-3-1-4-8-15/h1-10,12-13,20,39H,11,14H2,(H,37,40). The molecular weight excluding hydrogens is 590 g/mol. The van der Waals surface area contributed by atoms with E-state index in [4.69, 9.17) is 23.2 Å². The van der Waals surface area contributed by atoms with Crippen LogP contribution in [0.4, 0.5) is 33.3 Å². The Kier molecular flexibility index (Phi) is 9.27. The molecule has 0 aliphatic heterocycles. The molecule has 1 unspecified atom stereocenters. The predicted octanol–water partition coefficient (Wildman–Crippen LogP) is 7.08. The van der Waals surface area contributed by atoms with Crippen molar-refractivity contribution >= 4 is 46.4 Å². The van der Waals surface area contributed by atoms with Crippen molar-refractivity contribution in [3.05, 3.63) is 129 Å². The van der Waals surface area contributed by atoms with E-state index in [2.05, 4.69) is 5.32 Å². The Morgan fingerprint density at radius 1 is 0.780 bits per heavy atom. The summed E-state index contributed by atoms with van der Waals surface area (Å²) in [5.74, 6) is -14.4. The second-order valence-corrected chi connectivity index (χ2v) is 9.64. The summed E-state index contributed by atoms with van der Waals surface area (Å²) in [6.45, 7) is -0.196. The molecule has 0 aromatic heterocycles. The molecular formula is C29H19Cl2F5N2O3. The highest BCUT2D eigenvalue weighted by atomic mass is 35.5. The molecule has 5 nitrogen and oxygen atoms in total. The van der Waals surface area contributed by atoms with Gasteiger partial charge in [0.15, 0.2) is 23.3 Å². The number of nitrogens with one attached hydrogen (secondary N) is 1. The Bertz CT molecular complexity index is 1580. The zero-order valence-electron chi connectivity index (χ0n) is 20.8. The maximum absolute atomic E-state index is 14.4. The van der Waals surface area contributed by atoms with E-state index in [9.17, 15) is 36.6 Å². The summed E-state index contributed by atoms with van der Waals surface area (Å²) in [6, 6.07) is 19.3. The van der Waals surface area contributed by atoms with Crippen LogP contribution in [0.2, 0.25) is 10.0 Å². The normalized spacial score (nSPS) is 11.7. The van der Waals surface area contributed by atoms with E-state index >= 15 is 0 Å². The minimum absolute atomic E-state index is 0.0941. The third kappa shape index (κ3) is 6.51. The molecule has 212 valence electrons. The summed E-state index contributed by atoms with van der Waals surface area (Å²) in [5.41, 5.74) is -1.19. The molecule has 2 N–H and O–H groups in total. The van der Waals surface area contributed by atoms with Gasteiger partial charge in [0.2, 0.25) is 5.82 Å². The molecule has 0 heterocycles. The first-order valence-electron chi connectivity index (χ1n) is 11.9. The van der Waals surface area contributed by atoms with E-state index in [1.807, 2.05) is 0 Å². The van der Waals surface area contributed by atoms with Crippen LogP contribution in [-0.2, 0) is 17.8 Å². The lowest BCUT2D eigenvalue weighted by molar-refractivity contribution is -0.126. The summed E-state index contributed by atoms with van der Waals surface area (Å²) < 4.78 is 69.8.